The van der Waals surface area contributed by atoms with Crippen LogP contribution in [0.1, 0.15) is 32.3 Å². The first-order valence-corrected chi connectivity index (χ1v) is 8.98. The summed E-state index contributed by atoms with van der Waals surface area (Å²) in [6.45, 7) is 5.94. The van der Waals surface area contributed by atoms with E-state index in [1.165, 1.54) is 0 Å². The highest BCUT2D eigenvalue weighted by Gasteiger charge is 2.18. The lowest BCUT2D eigenvalue weighted by atomic mass is 10.0. The van der Waals surface area contributed by atoms with Crippen LogP contribution >= 0.6 is 31.9 Å². The van der Waals surface area contributed by atoms with Crippen molar-refractivity contribution in [2.45, 2.75) is 32.8 Å². The van der Waals surface area contributed by atoms with Crippen molar-refractivity contribution in [1.29, 1.82) is 0 Å². The summed E-state index contributed by atoms with van der Waals surface area (Å²) in [7, 11) is 0. The number of carbonyl (C=O) groups is 1. The second kappa shape index (κ2) is 7.97. The van der Waals surface area contributed by atoms with Gasteiger partial charge in [0.15, 0.2) is 6.10 Å². The molecule has 0 spiro atoms. The fourth-order valence-electron chi connectivity index (χ4n) is 2.16. The molecule has 0 unspecified atom stereocenters. The molecule has 0 radical (unpaired) electrons. The van der Waals surface area contributed by atoms with Crippen molar-refractivity contribution < 1.29 is 9.53 Å². The van der Waals surface area contributed by atoms with Crippen LogP contribution in [0.2, 0.25) is 0 Å². The van der Waals surface area contributed by atoms with Crippen LogP contribution in [0.25, 0.3) is 0 Å². The van der Waals surface area contributed by atoms with Crippen molar-refractivity contribution in [2.24, 2.45) is 0 Å². The number of benzene rings is 2. The van der Waals surface area contributed by atoms with Crippen LogP contribution < -0.4 is 10.1 Å². The smallest absolute Gasteiger partial charge is 0.265 e. The van der Waals surface area contributed by atoms with Gasteiger partial charge < -0.3 is 10.1 Å². The molecule has 23 heavy (non-hydrogen) atoms. The van der Waals surface area contributed by atoms with Crippen molar-refractivity contribution >= 4 is 43.5 Å². The molecule has 0 saturated carbocycles. The maximum Gasteiger partial charge on any atom is 0.265 e. The minimum atomic E-state index is -0.604. The standard InChI is InChI=1S/C18H19Br2NO2/c1-11(2)14-6-4-5-7-16(14)21-18(22)12(3)23-17-9-8-13(19)10-15(17)20/h4-12H,1-3H3,(H,21,22)/t12-/m0/s1. The summed E-state index contributed by atoms with van der Waals surface area (Å²) >= 11 is 6.83. The van der Waals surface area contributed by atoms with Gasteiger partial charge in [0.05, 0.1) is 4.47 Å². The number of para-hydroxylation sites is 1. The molecule has 0 heterocycles. The van der Waals surface area contributed by atoms with Gasteiger partial charge in [0, 0.05) is 10.2 Å². The van der Waals surface area contributed by atoms with Crippen LogP contribution in [-0.4, -0.2) is 12.0 Å². The highest BCUT2D eigenvalue weighted by Crippen LogP contribution is 2.29. The Hall–Kier alpha value is -1.33. The minimum Gasteiger partial charge on any atom is -0.480 e. The molecular formula is C18H19Br2NO2. The van der Waals surface area contributed by atoms with E-state index in [2.05, 4.69) is 51.0 Å². The zero-order chi connectivity index (χ0) is 17.0. The molecule has 0 saturated heterocycles. The SMILES string of the molecule is CC(C)c1ccccc1NC(=O)[C@H](C)Oc1ccc(Br)cc1Br. The van der Waals surface area contributed by atoms with Crippen LogP contribution in [-0.2, 0) is 4.79 Å². The van der Waals surface area contributed by atoms with E-state index in [1.807, 2.05) is 42.5 Å². The van der Waals surface area contributed by atoms with Gasteiger partial charge in [0.25, 0.3) is 5.91 Å². The molecule has 2 rings (SSSR count). The Bertz CT molecular complexity index is 701. The first-order valence-electron chi connectivity index (χ1n) is 7.40. The molecule has 1 atom stereocenters. The number of nitrogens with one attached hydrogen (secondary N) is 1. The number of anilines is 1. The Kier molecular flexibility index (Phi) is 6.25. The summed E-state index contributed by atoms with van der Waals surface area (Å²) in [5.41, 5.74) is 1.94. The molecule has 1 amide bonds. The third-order valence-corrected chi connectivity index (χ3v) is 4.52. The predicted molar refractivity (Wildman–Crippen MR) is 101 cm³/mol. The Morgan fingerprint density at radius 1 is 1.09 bits per heavy atom. The van der Waals surface area contributed by atoms with E-state index in [-0.39, 0.29) is 5.91 Å². The largest absolute Gasteiger partial charge is 0.480 e. The van der Waals surface area contributed by atoms with Crippen molar-refractivity contribution in [2.75, 3.05) is 5.32 Å². The van der Waals surface area contributed by atoms with Gasteiger partial charge in [0.1, 0.15) is 5.75 Å². The van der Waals surface area contributed by atoms with Crippen LogP contribution in [0.3, 0.4) is 0 Å². The number of ether oxygens (including phenoxy) is 1. The fourth-order valence-corrected chi connectivity index (χ4v) is 3.30. The summed E-state index contributed by atoms with van der Waals surface area (Å²) in [6, 6.07) is 13.4. The maximum atomic E-state index is 12.4. The monoisotopic (exact) mass is 439 g/mol. The van der Waals surface area contributed by atoms with Gasteiger partial charge in [-0.3, -0.25) is 4.79 Å². The van der Waals surface area contributed by atoms with E-state index in [4.69, 9.17) is 4.74 Å². The average Bonchev–Trinajstić information content (AvgIpc) is 2.50. The zero-order valence-corrected chi connectivity index (χ0v) is 16.4. The predicted octanol–water partition coefficient (Wildman–Crippen LogP) is 5.74. The first kappa shape index (κ1) is 18.0. The van der Waals surface area contributed by atoms with Gasteiger partial charge in [-0.05, 0) is 58.6 Å². The number of halogens is 2. The summed E-state index contributed by atoms with van der Waals surface area (Å²) in [5, 5.41) is 2.95. The van der Waals surface area contributed by atoms with Crippen LogP contribution in [0, 0.1) is 0 Å². The Morgan fingerprint density at radius 2 is 1.78 bits per heavy atom. The Balaban J connectivity index is 2.09. The van der Waals surface area contributed by atoms with Crippen LogP contribution in [0.4, 0.5) is 5.69 Å². The second-order valence-corrected chi connectivity index (χ2v) is 7.34. The Morgan fingerprint density at radius 3 is 2.43 bits per heavy atom. The highest BCUT2D eigenvalue weighted by molar-refractivity contribution is 9.11. The summed E-state index contributed by atoms with van der Waals surface area (Å²) < 4.78 is 7.50. The van der Waals surface area contributed by atoms with Gasteiger partial charge >= 0.3 is 0 Å². The first-order chi connectivity index (χ1) is 10.9. The molecule has 2 aromatic carbocycles. The lowest BCUT2D eigenvalue weighted by Crippen LogP contribution is -2.30. The van der Waals surface area contributed by atoms with Gasteiger partial charge in [-0.15, -0.1) is 0 Å². The molecule has 0 aromatic heterocycles. The molecule has 5 heteroatoms. The molecule has 0 fully saturated rings. The van der Waals surface area contributed by atoms with Crippen molar-refractivity contribution in [3.8, 4) is 5.75 Å². The van der Waals surface area contributed by atoms with Crippen molar-refractivity contribution in [3.63, 3.8) is 0 Å². The molecule has 0 aliphatic heterocycles. The molecule has 0 aliphatic carbocycles. The van der Waals surface area contributed by atoms with Gasteiger partial charge in [-0.1, -0.05) is 48.0 Å². The van der Waals surface area contributed by atoms with Crippen LogP contribution in [0.15, 0.2) is 51.4 Å². The number of amides is 1. The van der Waals surface area contributed by atoms with E-state index in [0.717, 1.165) is 20.2 Å². The maximum absolute atomic E-state index is 12.4. The lowest BCUT2D eigenvalue weighted by molar-refractivity contribution is -0.122. The summed E-state index contributed by atoms with van der Waals surface area (Å²) in [6.07, 6.45) is -0.604. The molecule has 3 nitrogen and oxygen atoms in total. The molecule has 122 valence electrons. The minimum absolute atomic E-state index is 0.173. The van der Waals surface area contributed by atoms with Gasteiger partial charge in [-0.25, -0.2) is 0 Å². The third-order valence-electron chi connectivity index (χ3n) is 3.41. The molecule has 0 bridgehead atoms. The zero-order valence-electron chi connectivity index (χ0n) is 13.3. The Labute approximate surface area is 153 Å². The molecule has 1 N–H and O–H groups in total. The third kappa shape index (κ3) is 4.82. The normalized spacial score (nSPS) is 12.1. The van der Waals surface area contributed by atoms with Crippen LogP contribution in [0.5, 0.6) is 5.75 Å². The summed E-state index contributed by atoms with van der Waals surface area (Å²) in [5.74, 6) is 0.796. The van der Waals surface area contributed by atoms with E-state index in [9.17, 15) is 4.79 Å². The number of rotatable bonds is 5. The molecule has 0 aliphatic rings. The number of carbonyl (C=O) groups excluding carboxylic acids is 1. The number of hydrogen-bond acceptors (Lipinski definition) is 2. The highest BCUT2D eigenvalue weighted by atomic mass is 79.9. The van der Waals surface area contributed by atoms with Crippen molar-refractivity contribution in [3.05, 3.63) is 57.0 Å². The lowest BCUT2D eigenvalue weighted by Gasteiger charge is -2.18. The molecule has 2 aromatic rings. The quantitative estimate of drug-likeness (QED) is 0.643. The number of hydrogen-bond donors (Lipinski definition) is 1. The second-order valence-electron chi connectivity index (χ2n) is 5.57. The van der Waals surface area contributed by atoms with E-state index in [1.54, 1.807) is 6.92 Å². The summed E-state index contributed by atoms with van der Waals surface area (Å²) in [4.78, 5) is 12.4. The van der Waals surface area contributed by atoms with Gasteiger partial charge in [0.2, 0.25) is 0 Å². The molecular weight excluding hydrogens is 422 g/mol. The average molecular weight is 441 g/mol. The topological polar surface area (TPSA) is 38.3 Å². The van der Waals surface area contributed by atoms with Gasteiger partial charge in [-0.2, -0.15) is 0 Å². The van der Waals surface area contributed by atoms with E-state index in [0.29, 0.717) is 11.7 Å². The van der Waals surface area contributed by atoms with E-state index >= 15 is 0 Å². The van der Waals surface area contributed by atoms with E-state index < -0.39 is 6.10 Å². The van der Waals surface area contributed by atoms with Crippen molar-refractivity contribution in [1.82, 2.24) is 0 Å². The fraction of sp³-hybridized carbons (Fsp3) is 0.278.